The zero-order valence-corrected chi connectivity index (χ0v) is 13.7. The summed E-state index contributed by atoms with van der Waals surface area (Å²) in [7, 11) is 6.19. The van der Waals surface area contributed by atoms with Crippen LogP contribution in [0.1, 0.15) is 32.0 Å². The van der Waals surface area contributed by atoms with Crippen LogP contribution in [0.3, 0.4) is 0 Å². The van der Waals surface area contributed by atoms with Crippen LogP contribution in [-0.2, 0) is 6.54 Å². The molecule has 1 rings (SSSR count). The molecule has 0 saturated heterocycles. The van der Waals surface area contributed by atoms with Crippen LogP contribution in [0.5, 0.6) is 0 Å². The molecule has 0 aliphatic rings. The van der Waals surface area contributed by atoms with Crippen molar-refractivity contribution in [3.05, 3.63) is 16.4 Å². The molecule has 1 N–H and O–H groups in total. The summed E-state index contributed by atoms with van der Waals surface area (Å²) in [4.78, 5) is 2.18. The molecule has 5 heteroatoms. The van der Waals surface area contributed by atoms with E-state index in [1.165, 1.54) is 5.69 Å². The molecule has 1 aromatic heterocycles. The molecule has 0 bridgehead atoms. The van der Waals surface area contributed by atoms with Gasteiger partial charge in [0.15, 0.2) is 0 Å². The summed E-state index contributed by atoms with van der Waals surface area (Å²) in [6, 6.07) is 0.342. The van der Waals surface area contributed by atoms with Gasteiger partial charge in [0.2, 0.25) is 0 Å². The number of aromatic nitrogens is 2. The Kier molecular flexibility index (Phi) is 6.32. The van der Waals surface area contributed by atoms with Crippen LogP contribution in [-0.4, -0.2) is 42.4 Å². The minimum atomic E-state index is 0.342. The minimum absolute atomic E-state index is 0.342. The highest BCUT2D eigenvalue weighted by atomic mass is 79.9. The van der Waals surface area contributed by atoms with Gasteiger partial charge >= 0.3 is 0 Å². The molecule has 0 fully saturated rings. The lowest BCUT2D eigenvalue weighted by molar-refractivity contribution is 0.340. The van der Waals surface area contributed by atoms with Crippen molar-refractivity contribution in [3.63, 3.8) is 0 Å². The second-order valence-electron chi connectivity index (χ2n) is 5.06. The van der Waals surface area contributed by atoms with Gasteiger partial charge in [-0.15, -0.1) is 0 Å². The summed E-state index contributed by atoms with van der Waals surface area (Å²) in [5, 5.41) is 7.90. The van der Waals surface area contributed by atoms with Crippen molar-refractivity contribution in [3.8, 4) is 0 Å². The van der Waals surface area contributed by atoms with Crippen molar-refractivity contribution < 1.29 is 0 Å². The van der Waals surface area contributed by atoms with Crippen LogP contribution >= 0.6 is 15.9 Å². The van der Waals surface area contributed by atoms with Crippen LogP contribution < -0.4 is 5.32 Å². The van der Waals surface area contributed by atoms with Gasteiger partial charge < -0.3 is 10.2 Å². The van der Waals surface area contributed by atoms with E-state index < -0.39 is 0 Å². The first-order valence-corrected chi connectivity index (χ1v) is 7.33. The summed E-state index contributed by atoms with van der Waals surface area (Å²) in [5.41, 5.74) is 1.26. The zero-order valence-electron chi connectivity index (χ0n) is 12.1. The number of rotatable bonds is 7. The first kappa shape index (κ1) is 15.7. The fourth-order valence-electron chi connectivity index (χ4n) is 2.08. The quantitative estimate of drug-likeness (QED) is 0.839. The molecule has 0 aromatic carbocycles. The van der Waals surface area contributed by atoms with E-state index in [1.54, 1.807) is 0 Å². The molecular weight excluding hydrogens is 292 g/mol. The number of nitrogens with zero attached hydrogens (tertiary/aromatic N) is 3. The molecule has 18 heavy (non-hydrogen) atoms. The van der Waals surface area contributed by atoms with Gasteiger partial charge in [0.25, 0.3) is 0 Å². The van der Waals surface area contributed by atoms with E-state index in [-0.39, 0.29) is 0 Å². The van der Waals surface area contributed by atoms with Crippen molar-refractivity contribution in [2.24, 2.45) is 5.92 Å². The largest absolute Gasteiger partial charge is 0.311 e. The second-order valence-corrected chi connectivity index (χ2v) is 5.91. The molecular formula is C13H25BrN4. The molecule has 0 aliphatic carbocycles. The second kappa shape index (κ2) is 7.26. The molecule has 2 unspecified atom stereocenters. The van der Waals surface area contributed by atoms with E-state index in [0.29, 0.717) is 12.0 Å². The van der Waals surface area contributed by atoms with E-state index in [4.69, 9.17) is 0 Å². The monoisotopic (exact) mass is 316 g/mol. The minimum Gasteiger partial charge on any atom is -0.311 e. The van der Waals surface area contributed by atoms with Gasteiger partial charge in [-0.1, -0.05) is 20.3 Å². The summed E-state index contributed by atoms with van der Waals surface area (Å²) < 4.78 is 3.21. The number of hydrogen-bond donors (Lipinski definition) is 1. The Bertz CT molecular complexity index is 362. The Morgan fingerprint density at radius 3 is 2.67 bits per heavy atom. The molecule has 0 aliphatic heterocycles. The Morgan fingerprint density at radius 2 is 2.17 bits per heavy atom. The number of halogens is 1. The number of nitrogens with one attached hydrogen (secondary N) is 1. The van der Waals surface area contributed by atoms with Crippen LogP contribution in [0, 0.1) is 5.92 Å². The van der Waals surface area contributed by atoms with Crippen molar-refractivity contribution in [1.82, 2.24) is 20.0 Å². The number of hydrogen-bond acceptors (Lipinski definition) is 3. The van der Waals surface area contributed by atoms with Crippen molar-refractivity contribution in [2.45, 2.75) is 32.9 Å². The average molecular weight is 317 g/mol. The summed E-state index contributed by atoms with van der Waals surface area (Å²) >= 11 is 3.63. The highest BCUT2D eigenvalue weighted by Gasteiger charge is 2.23. The van der Waals surface area contributed by atoms with E-state index >= 15 is 0 Å². The van der Waals surface area contributed by atoms with Crippen LogP contribution in [0.15, 0.2) is 10.7 Å². The topological polar surface area (TPSA) is 33.1 Å². The summed E-state index contributed by atoms with van der Waals surface area (Å²) in [6.07, 6.45) is 3.05. The fraction of sp³-hybridized carbons (Fsp3) is 0.769. The van der Waals surface area contributed by atoms with Crippen LogP contribution in [0.2, 0.25) is 0 Å². The summed E-state index contributed by atoms with van der Waals surface area (Å²) in [6.45, 7) is 6.42. The van der Waals surface area contributed by atoms with Gasteiger partial charge in [-0.2, -0.15) is 5.10 Å². The SMILES string of the molecule is CCC(C)C(NC)c1c(Br)cnn1CCN(C)C. The maximum atomic E-state index is 4.48. The molecule has 0 radical (unpaired) electrons. The van der Waals surface area contributed by atoms with Crippen molar-refractivity contribution >= 4 is 15.9 Å². The predicted octanol–water partition coefficient (Wildman–Crippen LogP) is 2.51. The first-order chi connectivity index (χ1) is 8.51. The van der Waals surface area contributed by atoms with E-state index in [9.17, 15) is 0 Å². The smallest absolute Gasteiger partial charge is 0.0698 e. The van der Waals surface area contributed by atoms with E-state index in [1.807, 2.05) is 13.2 Å². The lowest BCUT2D eigenvalue weighted by Crippen LogP contribution is -2.28. The highest BCUT2D eigenvalue weighted by Crippen LogP contribution is 2.29. The van der Waals surface area contributed by atoms with Crippen LogP contribution in [0.25, 0.3) is 0 Å². The van der Waals surface area contributed by atoms with Gasteiger partial charge in [-0.3, -0.25) is 4.68 Å². The molecule has 0 saturated carbocycles. The standard InChI is InChI=1S/C13H25BrN4/c1-6-10(2)12(15-3)13-11(14)9-16-18(13)8-7-17(4)5/h9-10,12,15H,6-8H2,1-5H3. The molecule has 0 spiro atoms. The lowest BCUT2D eigenvalue weighted by atomic mass is 9.96. The van der Waals surface area contributed by atoms with Gasteiger partial charge in [-0.05, 0) is 43.0 Å². The molecule has 0 amide bonds. The van der Waals surface area contributed by atoms with E-state index in [2.05, 4.69) is 63.9 Å². The lowest BCUT2D eigenvalue weighted by Gasteiger charge is -2.24. The zero-order chi connectivity index (χ0) is 13.7. The predicted molar refractivity (Wildman–Crippen MR) is 79.7 cm³/mol. The van der Waals surface area contributed by atoms with Crippen molar-refractivity contribution in [2.75, 3.05) is 27.7 Å². The Balaban J connectivity index is 2.94. The highest BCUT2D eigenvalue weighted by molar-refractivity contribution is 9.10. The Labute approximate surface area is 119 Å². The van der Waals surface area contributed by atoms with Gasteiger partial charge in [0, 0.05) is 6.54 Å². The third-order valence-corrected chi connectivity index (χ3v) is 4.02. The van der Waals surface area contributed by atoms with Crippen molar-refractivity contribution in [1.29, 1.82) is 0 Å². The molecule has 4 nitrogen and oxygen atoms in total. The van der Waals surface area contributed by atoms with E-state index in [0.717, 1.165) is 24.0 Å². The third kappa shape index (κ3) is 3.80. The number of likely N-dealkylation sites (N-methyl/N-ethyl adjacent to an activating group) is 1. The Morgan fingerprint density at radius 1 is 1.50 bits per heavy atom. The first-order valence-electron chi connectivity index (χ1n) is 6.54. The Hall–Kier alpha value is -0.390. The van der Waals surface area contributed by atoms with Gasteiger partial charge in [-0.25, -0.2) is 0 Å². The normalized spacial score (nSPS) is 15.1. The summed E-state index contributed by atoms with van der Waals surface area (Å²) in [5.74, 6) is 0.584. The van der Waals surface area contributed by atoms with Gasteiger partial charge in [0.1, 0.15) is 0 Å². The average Bonchev–Trinajstić information content (AvgIpc) is 2.69. The van der Waals surface area contributed by atoms with Gasteiger partial charge in [0.05, 0.1) is 29.0 Å². The maximum absolute atomic E-state index is 4.48. The molecule has 1 aromatic rings. The molecule has 104 valence electrons. The molecule has 1 heterocycles. The van der Waals surface area contributed by atoms with Crippen LogP contribution in [0.4, 0.5) is 0 Å². The fourth-order valence-corrected chi connectivity index (χ4v) is 2.62. The third-order valence-electron chi connectivity index (χ3n) is 3.41. The molecule has 2 atom stereocenters. The maximum Gasteiger partial charge on any atom is 0.0698 e.